The number of aromatic nitrogens is 1. The summed E-state index contributed by atoms with van der Waals surface area (Å²) in [7, 11) is 0. The average Bonchev–Trinajstić information content (AvgIpc) is 2.18. The van der Waals surface area contributed by atoms with Gasteiger partial charge in [0, 0.05) is 0 Å². The minimum Gasteiger partial charge on any atom is -0.320 e. The van der Waals surface area contributed by atoms with Gasteiger partial charge in [-0.3, -0.25) is 4.79 Å². The molecule has 0 aliphatic rings. The number of hydrogen-bond acceptors (Lipinski definition) is 3. The van der Waals surface area contributed by atoms with Gasteiger partial charge in [0.2, 0.25) is 5.91 Å². The molecule has 5 heteroatoms. The Morgan fingerprint density at radius 2 is 2.40 bits per heavy atom. The maximum Gasteiger partial charge on any atom is 0.242 e. The molecule has 0 unspecified atom stereocenters. The first-order chi connectivity index (χ1) is 7.13. The standard InChI is InChI=1S/C10H14ClN3O/c1-2-4-7(12)10(15)14-9-6-3-5-8(11)13-9/h3,5-7H,2,4,12H2,1H3,(H,13,14,15)/t7-/m1/s1. The van der Waals surface area contributed by atoms with Gasteiger partial charge >= 0.3 is 0 Å². The van der Waals surface area contributed by atoms with Crippen molar-refractivity contribution in [3.05, 3.63) is 23.4 Å². The Morgan fingerprint density at radius 1 is 1.67 bits per heavy atom. The maximum atomic E-state index is 11.5. The fourth-order valence-electron chi connectivity index (χ4n) is 1.14. The zero-order chi connectivity index (χ0) is 11.3. The highest BCUT2D eigenvalue weighted by Crippen LogP contribution is 2.09. The predicted octanol–water partition coefficient (Wildman–Crippen LogP) is 1.80. The number of nitrogens with one attached hydrogen (secondary N) is 1. The van der Waals surface area contributed by atoms with Gasteiger partial charge in [-0.25, -0.2) is 4.98 Å². The first-order valence-corrected chi connectivity index (χ1v) is 5.20. The minimum absolute atomic E-state index is 0.230. The van der Waals surface area contributed by atoms with Gasteiger partial charge in [-0.15, -0.1) is 0 Å². The summed E-state index contributed by atoms with van der Waals surface area (Å²) in [5.74, 6) is 0.200. The van der Waals surface area contributed by atoms with Crippen molar-refractivity contribution in [1.29, 1.82) is 0 Å². The first-order valence-electron chi connectivity index (χ1n) is 4.82. The largest absolute Gasteiger partial charge is 0.320 e. The van der Waals surface area contributed by atoms with E-state index in [-0.39, 0.29) is 5.91 Å². The van der Waals surface area contributed by atoms with Crippen LogP contribution in [0.5, 0.6) is 0 Å². The van der Waals surface area contributed by atoms with Crippen LogP contribution in [0.1, 0.15) is 19.8 Å². The van der Waals surface area contributed by atoms with Crippen LogP contribution in [0.4, 0.5) is 5.82 Å². The van der Waals surface area contributed by atoms with Crippen LogP contribution in [0.15, 0.2) is 18.2 Å². The molecular weight excluding hydrogens is 214 g/mol. The Balaban J connectivity index is 2.58. The summed E-state index contributed by atoms with van der Waals surface area (Å²) in [5, 5.41) is 2.95. The zero-order valence-electron chi connectivity index (χ0n) is 8.53. The van der Waals surface area contributed by atoms with E-state index in [9.17, 15) is 4.79 Å². The number of halogens is 1. The fraction of sp³-hybridized carbons (Fsp3) is 0.400. The topological polar surface area (TPSA) is 68.0 Å². The summed E-state index contributed by atoms with van der Waals surface area (Å²) < 4.78 is 0. The number of carbonyl (C=O) groups excluding carboxylic acids is 1. The number of anilines is 1. The molecule has 1 amide bonds. The number of rotatable bonds is 4. The third-order valence-electron chi connectivity index (χ3n) is 1.90. The van der Waals surface area contributed by atoms with Crippen LogP contribution in [-0.4, -0.2) is 16.9 Å². The average molecular weight is 228 g/mol. The van der Waals surface area contributed by atoms with E-state index in [1.54, 1.807) is 18.2 Å². The van der Waals surface area contributed by atoms with E-state index in [4.69, 9.17) is 17.3 Å². The normalized spacial score (nSPS) is 12.2. The summed E-state index contributed by atoms with van der Waals surface area (Å²) in [6.45, 7) is 1.98. The highest BCUT2D eigenvalue weighted by molar-refractivity contribution is 6.29. The van der Waals surface area contributed by atoms with Crippen molar-refractivity contribution in [3.63, 3.8) is 0 Å². The molecule has 0 aliphatic carbocycles. The van der Waals surface area contributed by atoms with Crippen LogP contribution in [0.3, 0.4) is 0 Å². The molecule has 0 bridgehead atoms. The highest BCUT2D eigenvalue weighted by Gasteiger charge is 2.12. The number of nitrogens with zero attached hydrogens (tertiary/aromatic N) is 1. The molecule has 15 heavy (non-hydrogen) atoms. The molecule has 3 N–H and O–H groups in total. The van der Waals surface area contributed by atoms with E-state index in [0.29, 0.717) is 17.4 Å². The van der Waals surface area contributed by atoms with Gasteiger partial charge in [-0.2, -0.15) is 0 Å². The Hall–Kier alpha value is -1.13. The van der Waals surface area contributed by atoms with Crippen molar-refractivity contribution < 1.29 is 4.79 Å². The Kier molecular flexibility index (Phi) is 4.52. The van der Waals surface area contributed by atoms with Crippen molar-refractivity contribution >= 4 is 23.3 Å². The van der Waals surface area contributed by atoms with Crippen LogP contribution in [0.25, 0.3) is 0 Å². The van der Waals surface area contributed by atoms with Gasteiger partial charge in [0.25, 0.3) is 0 Å². The van der Waals surface area contributed by atoms with Gasteiger partial charge in [0.05, 0.1) is 6.04 Å². The number of hydrogen-bond donors (Lipinski definition) is 2. The molecule has 82 valence electrons. The molecule has 1 aromatic heterocycles. The molecule has 1 rings (SSSR count). The van der Waals surface area contributed by atoms with Crippen LogP contribution >= 0.6 is 11.6 Å². The highest BCUT2D eigenvalue weighted by atomic mass is 35.5. The summed E-state index contributed by atoms with van der Waals surface area (Å²) in [6.07, 6.45) is 1.53. The molecule has 1 atom stereocenters. The molecule has 0 fully saturated rings. The Bertz CT molecular complexity index is 343. The van der Waals surface area contributed by atoms with E-state index in [0.717, 1.165) is 6.42 Å². The van der Waals surface area contributed by atoms with Gasteiger partial charge in [-0.1, -0.05) is 31.0 Å². The molecule has 1 aromatic rings. The molecule has 0 saturated carbocycles. The lowest BCUT2D eigenvalue weighted by Crippen LogP contribution is -2.35. The molecular formula is C10H14ClN3O. The molecule has 1 heterocycles. The van der Waals surface area contributed by atoms with Crippen LogP contribution < -0.4 is 11.1 Å². The lowest BCUT2D eigenvalue weighted by Gasteiger charge is -2.10. The van der Waals surface area contributed by atoms with Crippen molar-refractivity contribution in [3.8, 4) is 0 Å². The summed E-state index contributed by atoms with van der Waals surface area (Å²) in [4.78, 5) is 15.4. The third-order valence-corrected chi connectivity index (χ3v) is 2.11. The van der Waals surface area contributed by atoms with Crippen molar-refractivity contribution in [1.82, 2.24) is 4.98 Å². The van der Waals surface area contributed by atoms with E-state index in [1.165, 1.54) is 0 Å². The summed E-state index contributed by atoms with van der Waals surface area (Å²) in [6, 6.07) is 4.54. The van der Waals surface area contributed by atoms with Crippen LogP contribution in [0.2, 0.25) is 5.15 Å². The lowest BCUT2D eigenvalue weighted by molar-refractivity contribution is -0.117. The third kappa shape index (κ3) is 3.85. The molecule has 4 nitrogen and oxygen atoms in total. The summed E-state index contributed by atoms with van der Waals surface area (Å²) >= 11 is 5.68. The molecule has 0 radical (unpaired) electrons. The number of nitrogens with two attached hydrogens (primary N) is 1. The Morgan fingerprint density at radius 3 is 3.00 bits per heavy atom. The second-order valence-electron chi connectivity index (χ2n) is 3.23. The summed E-state index contributed by atoms with van der Waals surface area (Å²) in [5.41, 5.74) is 5.64. The number of carbonyl (C=O) groups is 1. The first kappa shape index (κ1) is 11.9. The maximum absolute atomic E-state index is 11.5. The predicted molar refractivity (Wildman–Crippen MR) is 60.8 cm³/mol. The van der Waals surface area contributed by atoms with Gasteiger partial charge < -0.3 is 11.1 Å². The molecule has 0 saturated heterocycles. The minimum atomic E-state index is -0.490. The van der Waals surface area contributed by atoms with Gasteiger partial charge in [-0.05, 0) is 18.6 Å². The number of amides is 1. The van der Waals surface area contributed by atoms with Crippen molar-refractivity contribution in [2.45, 2.75) is 25.8 Å². The van der Waals surface area contributed by atoms with E-state index >= 15 is 0 Å². The Labute approximate surface area is 93.8 Å². The zero-order valence-corrected chi connectivity index (χ0v) is 9.29. The van der Waals surface area contributed by atoms with Crippen LogP contribution in [0, 0.1) is 0 Å². The second kappa shape index (κ2) is 5.68. The van der Waals surface area contributed by atoms with Gasteiger partial charge in [0.15, 0.2) is 0 Å². The molecule has 0 aromatic carbocycles. The van der Waals surface area contributed by atoms with E-state index in [1.807, 2.05) is 6.92 Å². The second-order valence-corrected chi connectivity index (χ2v) is 3.62. The molecule has 0 spiro atoms. The lowest BCUT2D eigenvalue weighted by atomic mass is 10.2. The smallest absolute Gasteiger partial charge is 0.242 e. The quantitative estimate of drug-likeness (QED) is 0.771. The van der Waals surface area contributed by atoms with Crippen LogP contribution in [-0.2, 0) is 4.79 Å². The van der Waals surface area contributed by atoms with E-state index < -0.39 is 6.04 Å². The monoisotopic (exact) mass is 227 g/mol. The van der Waals surface area contributed by atoms with E-state index in [2.05, 4.69) is 10.3 Å². The van der Waals surface area contributed by atoms with Crippen molar-refractivity contribution in [2.24, 2.45) is 5.73 Å². The number of pyridine rings is 1. The molecule has 0 aliphatic heterocycles. The fourth-order valence-corrected chi connectivity index (χ4v) is 1.30. The van der Waals surface area contributed by atoms with Crippen molar-refractivity contribution in [2.75, 3.05) is 5.32 Å². The SMILES string of the molecule is CCC[C@@H](N)C(=O)Nc1cccc(Cl)n1. The van der Waals surface area contributed by atoms with Gasteiger partial charge in [0.1, 0.15) is 11.0 Å².